The summed E-state index contributed by atoms with van der Waals surface area (Å²) in [7, 11) is 0. The molecule has 1 fully saturated rings. The third-order valence-corrected chi connectivity index (χ3v) is 1.83. The fraction of sp³-hybridized carbons (Fsp3) is 1.00. The molecule has 1 aliphatic heterocycles. The van der Waals surface area contributed by atoms with E-state index in [1.54, 1.807) is 0 Å². The molecule has 1 rings (SSSR count). The molecule has 1 saturated heterocycles. The van der Waals surface area contributed by atoms with Crippen LogP contribution in [0.15, 0.2) is 0 Å². The minimum atomic E-state index is -1.43. The van der Waals surface area contributed by atoms with Crippen LogP contribution in [0.5, 0.6) is 0 Å². The van der Waals surface area contributed by atoms with Crippen LogP contribution in [0.2, 0.25) is 0 Å². The molecule has 1 aliphatic rings. The number of hydrogen-bond donors (Lipinski definition) is 4. The molecule has 2 unspecified atom stereocenters. The smallest absolute Gasteiger partial charge is 0.183 e. The van der Waals surface area contributed by atoms with Crippen molar-refractivity contribution in [2.75, 3.05) is 0 Å². The van der Waals surface area contributed by atoms with Gasteiger partial charge in [-0.25, -0.2) is 0 Å². The Bertz CT molecular complexity index is 125. The lowest BCUT2D eigenvalue weighted by Crippen LogP contribution is -2.56. The molecule has 0 saturated carbocycles. The maximum atomic E-state index is 9.09. The molecule has 0 bridgehead atoms. The summed E-state index contributed by atoms with van der Waals surface area (Å²) >= 11 is 0. The van der Waals surface area contributed by atoms with Crippen molar-refractivity contribution in [3.8, 4) is 0 Å². The van der Waals surface area contributed by atoms with Crippen LogP contribution in [0, 0.1) is 0 Å². The first-order valence-corrected chi connectivity index (χ1v) is 3.41. The van der Waals surface area contributed by atoms with Crippen molar-refractivity contribution in [3.63, 3.8) is 0 Å². The van der Waals surface area contributed by atoms with Gasteiger partial charge in [-0.1, -0.05) is 0 Å². The van der Waals surface area contributed by atoms with E-state index < -0.39 is 30.7 Å². The van der Waals surface area contributed by atoms with E-state index in [0.717, 1.165) is 0 Å². The molecular formula is C6H12O5. The van der Waals surface area contributed by atoms with E-state index in [-0.39, 0.29) is 0 Å². The lowest BCUT2D eigenvalue weighted by atomic mass is 10.0. The van der Waals surface area contributed by atoms with Gasteiger partial charge in [-0.05, 0) is 6.92 Å². The highest BCUT2D eigenvalue weighted by molar-refractivity contribution is 4.86. The lowest BCUT2D eigenvalue weighted by molar-refractivity contribution is -0.277. The van der Waals surface area contributed by atoms with Gasteiger partial charge in [0.25, 0.3) is 0 Å². The summed E-state index contributed by atoms with van der Waals surface area (Å²) in [6.45, 7) is 1.50. The molecule has 4 N–H and O–H groups in total. The minimum Gasteiger partial charge on any atom is -0.388 e. The molecule has 1 heterocycles. The van der Waals surface area contributed by atoms with E-state index in [2.05, 4.69) is 4.74 Å². The second-order valence-electron chi connectivity index (χ2n) is 2.70. The maximum Gasteiger partial charge on any atom is 0.183 e. The van der Waals surface area contributed by atoms with E-state index in [4.69, 9.17) is 20.4 Å². The van der Waals surface area contributed by atoms with Crippen LogP contribution in [-0.2, 0) is 4.74 Å². The summed E-state index contributed by atoms with van der Waals surface area (Å²) < 4.78 is 4.68. The van der Waals surface area contributed by atoms with Crippen LogP contribution in [0.3, 0.4) is 0 Å². The second-order valence-corrected chi connectivity index (χ2v) is 2.70. The Balaban J connectivity index is 2.63. The van der Waals surface area contributed by atoms with Crippen molar-refractivity contribution in [1.29, 1.82) is 0 Å². The van der Waals surface area contributed by atoms with Crippen LogP contribution in [0.1, 0.15) is 6.92 Å². The summed E-state index contributed by atoms with van der Waals surface area (Å²) in [5.41, 5.74) is 0. The topological polar surface area (TPSA) is 90.2 Å². The zero-order valence-corrected chi connectivity index (χ0v) is 6.08. The normalized spacial score (nSPS) is 52.6. The first-order chi connectivity index (χ1) is 5.04. The summed E-state index contributed by atoms with van der Waals surface area (Å²) in [5, 5.41) is 36.0. The predicted octanol–water partition coefficient (Wildman–Crippen LogP) is -2.19. The molecule has 5 heteroatoms. The van der Waals surface area contributed by atoms with Crippen LogP contribution in [0.25, 0.3) is 0 Å². The predicted molar refractivity (Wildman–Crippen MR) is 34.6 cm³/mol. The first kappa shape index (κ1) is 8.89. The minimum absolute atomic E-state index is 0.664. The van der Waals surface area contributed by atoms with E-state index in [0.29, 0.717) is 0 Å². The molecule has 0 aromatic rings. The van der Waals surface area contributed by atoms with Gasteiger partial charge in [-0.2, -0.15) is 0 Å². The Morgan fingerprint density at radius 2 is 1.45 bits per heavy atom. The molecule has 0 aliphatic carbocycles. The second kappa shape index (κ2) is 3.04. The molecular weight excluding hydrogens is 152 g/mol. The van der Waals surface area contributed by atoms with Gasteiger partial charge in [0.15, 0.2) is 6.29 Å². The van der Waals surface area contributed by atoms with Crippen LogP contribution in [0.4, 0.5) is 0 Å². The van der Waals surface area contributed by atoms with Crippen molar-refractivity contribution < 1.29 is 25.2 Å². The summed E-state index contributed by atoms with van der Waals surface area (Å²) in [6.07, 6.45) is -5.99. The summed E-state index contributed by atoms with van der Waals surface area (Å²) in [5.74, 6) is 0. The highest BCUT2D eigenvalue weighted by atomic mass is 16.6. The number of aliphatic hydroxyl groups is 4. The maximum absolute atomic E-state index is 9.09. The van der Waals surface area contributed by atoms with Gasteiger partial charge >= 0.3 is 0 Å². The monoisotopic (exact) mass is 164 g/mol. The zero-order chi connectivity index (χ0) is 8.59. The van der Waals surface area contributed by atoms with Crippen LogP contribution < -0.4 is 0 Å². The Labute approximate surface area is 63.8 Å². The van der Waals surface area contributed by atoms with Gasteiger partial charge in [0.2, 0.25) is 0 Å². The van der Waals surface area contributed by atoms with Gasteiger partial charge in [-0.3, -0.25) is 0 Å². The van der Waals surface area contributed by atoms with E-state index in [1.807, 2.05) is 0 Å². The van der Waals surface area contributed by atoms with Gasteiger partial charge in [0.05, 0.1) is 6.10 Å². The van der Waals surface area contributed by atoms with Crippen LogP contribution >= 0.6 is 0 Å². The molecule has 66 valence electrons. The molecule has 5 atom stereocenters. The number of aliphatic hydroxyl groups excluding tert-OH is 4. The number of ether oxygens (including phenoxy) is 1. The zero-order valence-electron chi connectivity index (χ0n) is 6.08. The molecule has 0 aromatic carbocycles. The van der Waals surface area contributed by atoms with Gasteiger partial charge in [-0.15, -0.1) is 0 Å². The fourth-order valence-electron chi connectivity index (χ4n) is 1.03. The number of hydrogen-bond acceptors (Lipinski definition) is 5. The molecule has 11 heavy (non-hydrogen) atoms. The Kier molecular flexibility index (Phi) is 2.46. The number of rotatable bonds is 0. The van der Waals surface area contributed by atoms with Crippen molar-refractivity contribution in [1.82, 2.24) is 0 Å². The first-order valence-electron chi connectivity index (χ1n) is 3.41. The van der Waals surface area contributed by atoms with E-state index >= 15 is 0 Å². The SMILES string of the molecule is CC1O[C@H](O)[C@@H](O)C(O)[C@H]1O. The Morgan fingerprint density at radius 3 is 2.00 bits per heavy atom. The third-order valence-electron chi connectivity index (χ3n) is 1.83. The summed E-state index contributed by atoms with van der Waals surface area (Å²) in [6, 6.07) is 0. The Hall–Kier alpha value is -0.200. The van der Waals surface area contributed by atoms with Crippen molar-refractivity contribution >= 4 is 0 Å². The Morgan fingerprint density at radius 1 is 0.909 bits per heavy atom. The van der Waals surface area contributed by atoms with Crippen LogP contribution in [-0.4, -0.2) is 51.1 Å². The average molecular weight is 164 g/mol. The van der Waals surface area contributed by atoms with Gasteiger partial charge in [0, 0.05) is 0 Å². The standard InChI is InChI=1S/C6H12O5/c1-2-3(7)4(8)5(9)6(10)11-2/h2-10H,1H3/t2?,3-,4?,5-,6-/m0/s1. The lowest BCUT2D eigenvalue weighted by Gasteiger charge is -2.36. The molecule has 0 radical (unpaired) electrons. The largest absolute Gasteiger partial charge is 0.388 e. The van der Waals surface area contributed by atoms with Gasteiger partial charge < -0.3 is 25.2 Å². The highest BCUT2D eigenvalue weighted by Crippen LogP contribution is 2.18. The average Bonchev–Trinajstić information content (AvgIpc) is 1.97. The molecule has 0 spiro atoms. The van der Waals surface area contributed by atoms with Crippen molar-refractivity contribution in [3.05, 3.63) is 0 Å². The highest BCUT2D eigenvalue weighted by Gasteiger charge is 2.40. The van der Waals surface area contributed by atoms with E-state index in [1.165, 1.54) is 6.92 Å². The third kappa shape index (κ3) is 1.52. The molecule has 0 aromatic heterocycles. The quantitative estimate of drug-likeness (QED) is 0.326. The molecule has 0 amide bonds. The van der Waals surface area contributed by atoms with E-state index in [9.17, 15) is 0 Å². The summed E-state index contributed by atoms with van der Waals surface area (Å²) in [4.78, 5) is 0. The molecule has 5 nitrogen and oxygen atoms in total. The van der Waals surface area contributed by atoms with Gasteiger partial charge in [0.1, 0.15) is 18.3 Å². The van der Waals surface area contributed by atoms with Crippen molar-refractivity contribution in [2.45, 2.75) is 37.6 Å². The fourth-order valence-corrected chi connectivity index (χ4v) is 1.03. The van der Waals surface area contributed by atoms with Crippen molar-refractivity contribution in [2.24, 2.45) is 0 Å².